The van der Waals surface area contributed by atoms with Crippen molar-refractivity contribution in [3.63, 3.8) is 0 Å². The summed E-state index contributed by atoms with van der Waals surface area (Å²) in [5.74, 6) is 0.500. The minimum Gasteiger partial charge on any atom is -0.421 e. The molecular formula is C15H18FN3O2. The van der Waals surface area contributed by atoms with Crippen molar-refractivity contribution in [3.05, 3.63) is 36.0 Å². The Kier molecular flexibility index (Phi) is 5.03. The topological polar surface area (TPSA) is 59.2 Å². The summed E-state index contributed by atoms with van der Waals surface area (Å²) in [6.45, 7) is 5.28. The average Bonchev–Trinajstić information content (AvgIpc) is 2.96. The lowest BCUT2D eigenvalue weighted by Gasteiger charge is -2.17. The number of carbonyl (C=O) groups excluding carboxylic acids is 1. The van der Waals surface area contributed by atoms with Gasteiger partial charge in [-0.25, -0.2) is 4.39 Å². The molecule has 21 heavy (non-hydrogen) atoms. The fraction of sp³-hybridized carbons (Fsp3) is 0.400. The van der Waals surface area contributed by atoms with Crippen molar-refractivity contribution >= 4 is 5.91 Å². The van der Waals surface area contributed by atoms with E-state index in [4.69, 9.17) is 4.42 Å². The van der Waals surface area contributed by atoms with Gasteiger partial charge in [-0.1, -0.05) is 0 Å². The van der Waals surface area contributed by atoms with Gasteiger partial charge in [0.25, 0.3) is 0 Å². The van der Waals surface area contributed by atoms with Crippen LogP contribution in [0.2, 0.25) is 0 Å². The van der Waals surface area contributed by atoms with E-state index in [0.717, 1.165) is 0 Å². The number of hydrogen-bond acceptors (Lipinski definition) is 4. The molecule has 2 rings (SSSR count). The molecule has 2 aromatic rings. The van der Waals surface area contributed by atoms with E-state index < -0.39 is 0 Å². The average molecular weight is 291 g/mol. The van der Waals surface area contributed by atoms with E-state index in [9.17, 15) is 9.18 Å². The Morgan fingerprint density at radius 2 is 1.86 bits per heavy atom. The van der Waals surface area contributed by atoms with Crippen LogP contribution in [0.1, 0.15) is 26.2 Å². The van der Waals surface area contributed by atoms with Crippen molar-refractivity contribution in [3.8, 4) is 11.5 Å². The third-order valence-electron chi connectivity index (χ3n) is 3.23. The first-order valence-corrected chi connectivity index (χ1v) is 7.00. The van der Waals surface area contributed by atoms with E-state index in [0.29, 0.717) is 43.3 Å². The number of benzene rings is 1. The summed E-state index contributed by atoms with van der Waals surface area (Å²) in [6.07, 6.45) is 0.746. The van der Waals surface area contributed by atoms with Crippen LogP contribution in [-0.2, 0) is 11.2 Å². The highest BCUT2D eigenvalue weighted by Crippen LogP contribution is 2.18. The van der Waals surface area contributed by atoms with E-state index in [1.807, 2.05) is 13.8 Å². The van der Waals surface area contributed by atoms with Crippen LogP contribution in [-0.4, -0.2) is 34.1 Å². The number of nitrogens with zero attached hydrogens (tertiary/aromatic N) is 3. The Bertz CT molecular complexity index is 591. The second-order valence-corrected chi connectivity index (χ2v) is 4.57. The molecule has 0 unspecified atom stereocenters. The first-order valence-electron chi connectivity index (χ1n) is 7.00. The third kappa shape index (κ3) is 3.87. The number of halogens is 1. The molecule has 0 aliphatic heterocycles. The maximum absolute atomic E-state index is 12.9. The Labute approximate surface area is 122 Å². The van der Waals surface area contributed by atoms with Crippen LogP contribution in [0.4, 0.5) is 4.39 Å². The van der Waals surface area contributed by atoms with Crippen LogP contribution >= 0.6 is 0 Å². The molecule has 1 aromatic carbocycles. The van der Waals surface area contributed by atoms with Gasteiger partial charge in [-0.3, -0.25) is 4.79 Å². The molecule has 1 heterocycles. The molecule has 0 radical (unpaired) electrons. The van der Waals surface area contributed by atoms with Crippen LogP contribution in [0.5, 0.6) is 0 Å². The SMILES string of the molecule is CCN(CC)C(=O)CCc1nnc(-c2ccc(F)cc2)o1. The normalized spacial score (nSPS) is 10.6. The van der Waals surface area contributed by atoms with Crippen LogP contribution < -0.4 is 0 Å². The molecule has 0 bridgehead atoms. The second-order valence-electron chi connectivity index (χ2n) is 4.57. The van der Waals surface area contributed by atoms with Gasteiger partial charge in [0, 0.05) is 31.5 Å². The minimum atomic E-state index is -0.316. The fourth-order valence-corrected chi connectivity index (χ4v) is 2.01. The summed E-state index contributed by atoms with van der Waals surface area (Å²) in [7, 11) is 0. The highest BCUT2D eigenvalue weighted by Gasteiger charge is 2.13. The Balaban J connectivity index is 1.97. The lowest BCUT2D eigenvalue weighted by atomic mass is 10.2. The van der Waals surface area contributed by atoms with Gasteiger partial charge in [0.2, 0.25) is 17.7 Å². The smallest absolute Gasteiger partial charge is 0.247 e. The first-order chi connectivity index (χ1) is 10.1. The molecule has 6 heteroatoms. The summed E-state index contributed by atoms with van der Waals surface area (Å²) in [4.78, 5) is 13.6. The maximum Gasteiger partial charge on any atom is 0.247 e. The molecule has 0 atom stereocenters. The highest BCUT2D eigenvalue weighted by molar-refractivity contribution is 5.76. The molecule has 0 aliphatic carbocycles. The lowest BCUT2D eigenvalue weighted by molar-refractivity contribution is -0.130. The van der Waals surface area contributed by atoms with E-state index in [1.165, 1.54) is 12.1 Å². The number of aromatic nitrogens is 2. The van der Waals surface area contributed by atoms with Crippen LogP contribution in [0.15, 0.2) is 28.7 Å². The number of amides is 1. The number of rotatable bonds is 6. The molecule has 1 amide bonds. The molecule has 0 fully saturated rings. The first kappa shape index (κ1) is 15.2. The summed E-state index contributed by atoms with van der Waals surface area (Å²) < 4.78 is 18.3. The molecule has 112 valence electrons. The predicted molar refractivity (Wildman–Crippen MR) is 75.9 cm³/mol. The van der Waals surface area contributed by atoms with Gasteiger partial charge in [0.15, 0.2) is 0 Å². The standard InChI is InChI=1S/C15H18FN3O2/c1-3-19(4-2)14(20)10-9-13-17-18-15(21-13)11-5-7-12(16)8-6-11/h5-8H,3-4,9-10H2,1-2H3. The predicted octanol–water partition coefficient (Wildman–Crippen LogP) is 2.68. The molecule has 0 aliphatic rings. The van der Waals surface area contributed by atoms with Gasteiger partial charge in [0.05, 0.1) is 0 Å². The monoisotopic (exact) mass is 291 g/mol. The van der Waals surface area contributed by atoms with Gasteiger partial charge in [-0.15, -0.1) is 10.2 Å². The molecule has 0 N–H and O–H groups in total. The van der Waals surface area contributed by atoms with Crippen LogP contribution in [0.3, 0.4) is 0 Å². The van der Waals surface area contributed by atoms with Crippen molar-refractivity contribution in [1.29, 1.82) is 0 Å². The number of aryl methyl sites for hydroxylation is 1. The Hall–Kier alpha value is -2.24. The number of hydrogen-bond donors (Lipinski definition) is 0. The zero-order chi connectivity index (χ0) is 15.2. The van der Waals surface area contributed by atoms with Crippen LogP contribution in [0, 0.1) is 5.82 Å². The Morgan fingerprint density at radius 3 is 2.48 bits per heavy atom. The zero-order valence-electron chi connectivity index (χ0n) is 12.2. The van der Waals surface area contributed by atoms with Gasteiger partial charge in [0.1, 0.15) is 5.82 Å². The van der Waals surface area contributed by atoms with Gasteiger partial charge < -0.3 is 9.32 Å². The molecule has 1 aromatic heterocycles. The third-order valence-corrected chi connectivity index (χ3v) is 3.23. The van der Waals surface area contributed by atoms with Gasteiger partial charge in [-0.05, 0) is 38.1 Å². The fourth-order valence-electron chi connectivity index (χ4n) is 2.01. The van der Waals surface area contributed by atoms with E-state index in [2.05, 4.69) is 10.2 Å². The largest absolute Gasteiger partial charge is 0.421 e. The van der Waals surface area contributed by atoms with Crippen molar-refractivity contribution < 1.29 is 13.6 Å². The van der Waals surface area contributed by atoms with Gasteiger partial charge >= 0.3 is 0 Å². The molecule has 5 nitrogen and oxygen atoms in total. The molecule has 0 saturated carbocycles. The van der Waals surface area contributed by atoms with E-state index in [-0.39, 0.29) is 11.7 Å². The van der Waals surface area contributed by atoms with Crippen molar-refractivity contribution in [2.24, 2.45) is 0 Å². The van der Waals surface area contributed by atoms with Crippen molar-refractivity contribution in [2.75, 3.05) is 13.1 Å². The summed E-state index contributed by atoms with van der Waals surface area (Å²) >= 11 is 0. The van der Waals surface area contributed by atoms with Gasteiger partial charge in [-0.2, -0.15) is 0 Å². The molecule has 0 spiro atoms. The summed E-state index contributed by atoms with van der Waals surface area (Å²) in [6, 6.07) is 5.83. The van der Waals surface area contributed by atoms with E-state index in [1.54, 1.807) is 17.0 Å². The highest BCUT2D eigenvalue weighted by atomic mass is 19.1. The summed E-state index contributed by atoms with van der Waals surface area (Å²) in [5, 5.41) is 7.83. The number of carbonyl (C=O) groups is 1. The van der Waals surface area contributed by atoms with Crippen LogP contribution in [0.25, 0.3) is 11.5 Å². The Morgan fingerprint density at radius 1 is 1.19 bits per heavy atom. The zero-order valence-corrected chi connectivity index (χ0v) is 12.2. The second kappa shape index (κ2) is 6.97. The molecular weight excluding hydrogens is 273 g/mol. The summed E-state index contributed by atoms with van der Waals surface area (Å²) in [5.41, 5.74) is 0.658. The van der Waals surface area contributed by atoms with E-state index >= 15 is 0 Å². The van der Waals surface area contributed by atoms with Crippen molar-refractivity contribution in [1.82, 2.24) is 15.1 Å². The minimum absolute atomic E-state index is 0.0709. The quantitative estimate of drug-likeness (QED) is 0.821. The molecule has 0 saturated heterocycles. The van der Waals surface area contributed by atoms with Crippen molar-refractivity contribution in [2.45, 2.75) is 26.7 Å². The lowest BCUT2D eigenvalue weighted by Crippen LogP contribution is -2.30. The maximum atomic E-state index is 12.9.